The van der Waals surface area contributed by atoms with Crippen molar-refractivity contribution >= 4 is 22.0 Å². The van der Waals surface area contributed by atoms with Gasteiger partial charge in [0.15, 0.2) is 9.84 Å². The number of sulfone groups is 1. The van der Waals surface area contributed by atoms with Gasteiger partial charge in [0.2, 0.25) is 5.91 Å². The van der Waals surface area contributed by atoms with Crippen LogP contribution in [0.15, 0.2) is 21.7 Å². The Morgan fingerprint density at radius 3 is 2.95 bits per heavy atom. The van der Waals surface area contributed by atoms with Crippen LogP contribution < -0.4 is 5.43 Å². The van der Waals surface area contributed by atoms with Gasteiger partial charge in [-0.3, -0.25) is 4.79 Å². The molecule has 0 spiro atoms. The fourth-order valence-corrected chi connectivity index (χ4v) is 3.89. The zero-order valence-corrected chi connectivity index (χ0v) is 11.4. The summed E-state index contributed by atoms with van der Waals surface area (Å²) in [5.41, 5.74) is 2.37. The van der Waals surface area contributed by atoms with Crippen LogP contribution in [0.4, 0.5) is 0 Å². The van der Waals surface area contributed by atoms with E-state index in [1.165, 1.54) is 6.21 Å². The molecule has 6 nitrogen and oxygen atoms in total. The highest BCUT2D eigenvalue weighted by molar-refractivity contribution is 7.91. The summed E-state index contributed by atoms with van der Waals surface area (Å²) >= 11 is 0. The molecule has 1 aliphatic heterocycles. The van der Waals surface area contributed by atoms with Gasteiger partial charge in [0, 0.05) is 6.42 Å². The normalized spacial score (nSPS) is 21.8. The van der Waals surface area contributed by atoms with Crippen LogP contribution >= 0.6 is 0 Å². The molecule has 1 N–H and O–H groups in total. The summed E-state index contributed by atoms with van der Waals surface area (Å²) in [7, 11) is -2.94. The summed E-state index contributed by atoms with van der Waals surface area (Å²) in [5, 5.41) is 3.77. The Morgan fingerprint density at radius 1 is 1.58 bits per heavy atom. The highest BCUT2D eigenvalue weighted by Crippen LogP contribution is 2.21. The molecule has 2 heterocycles. The molecule has 1 fully saturated rings. The summed E-state index contributed by atoms with van der Waals surface area (Å²) in [6.45, 7) is 1.82. The van der Waals surface area contributed by atoms with Crippen LogP contribution in [0.25, 0.3) is 0 Å². The van der Waals surface area contributed by atoms with Crippen molar-refractivity contribution < 1.29 is 17.6 Å². The lowest BCUT2D eigenvalue weighted by molar-refractivity contribution is -0.121. The van der Waals surface area contributed by atoms with Gasteiger partial charge in [0.1, 0.15) is 11.5 Å². The molecule has 0 saturated carbocycles. The van der Waals surface area contributed by atoms with Gasteiger partial charge in [-0.05, 0) is 31.4 Å². The highest BCUT2D eigenvalue weighted by Gasteiger charge is 2.29. The molecule has 104 valence electrons. The number of carbonyl (C=O) groups is 1. The standard InChI is InChI=1S/C12H16N2O4S/c1-9-2-3-11(18-9)7-13-14-12(15)6-10-4-5-19(16,17)8-10/h2-3,7,10H,4-6,8H2,1H3,(H,14,15)/b13-7-/t10-/m0/s1. The first-order valence-electron chi connectivity index (χ1n) is 6.03. The van der Waals surface area contributed by atoms with Gasteiger partial charge in [0.05, 0.1) is 17.7 Å². The first-order chi connectivity index (χ1) is 8.94. The molecule has 1 amide bonds. The first-order valence-corrected chi connectivity index (χ1v) is 7.85. The average Bonchev–Trinajstić information content (AvgIpc) is 2.85. The van der Waals surface area contributed by atoms with Crippen molar-refractivity contribution in [1.29, 1.82) is 0 Å². The van der Waals surface area contributed by atoms with Gasteiger partial charge < -0.3 is 4.42 Å². The molecule has 7 heteroatoms. The van der Waals surface area contributed by atoms with Gasteiger partial charge >= 0.3 is 0 Å². The second-order valence-corrected chi connectivity index (χ2v) is 6.94. The SMILES string of the molecule is Cc1ccc(/C=N\NC(=O)C[C@@H]2CCS(=O)(=O)C2)o1. The number of hydrogen-bond acceptors (Lipinski definition) is 5. The molecule has 0 bridgehead atoms. The molecule has 1 aliphatic rings. The van der Waals surface area contributed by atoms with Crippen LogP contribution in [0.2, 0.25) is 0 Å². The van der Waals surface area contributed by atoms with E-state index in [4.69, 9.17) is 4.42 Å². The molecular formula is C12H16N2O4S. The van der Waals surface area contributed by atoms with Crippen molar-refractivity contribution in [3.8, 4) is 0 Å². The molecule has 0 radical (unpaired) electrons. The summed E-state index contributed by atoms with van der Waals surface area (Å²) in [6.07, 6.45) is 2.15. The Labute approximate surface area is 111 Å². The van der Waals surface area contributed by atoms with Crippen LogP contribution in [0.1, 0.15) is 24.4 Å². The van der Waals surface area contributed by atoms with E-state index in [9.17, 15) is 13.2 Å². The maximum Gasteiger partial charge on any atom is 0.240 e. The maximum absolute atomic E-state index is 11.6. The van der Waals surface area contributed by atoms with E-state index in [1.807, 2.05) is 6.92 Å². The molecule has 1 aromatic heterocycles. The minimum Gasteiger partial charge on any atom is -0.460 e. The van der Waals surface area contributed by atoms with Gasteiger partial charge in [-0.25, -0.2) is 13.8 Å². The number of furan rings is 1. The number of nitrogens with one attached hydrogen (secondary N) is 1. The zero-order chi connectivity index (χ0) is 13.9. The molecule has 19 heavy (non-hydrogen) atoms. The van der Waals surface area contributed by atoms with E-state index in [2.05, 4.69) is 10.5 Å². The largest absolute Gasteiger partial charge is 0.460 e. The molecule has 2 rings (SSSR count). The number of amides is 1. The number of carbonyl (C=O) groups excluding carboxylic acids is 1. The van der Waals surface area contributed by atoms with Crippen molar-refractivity contribution in [2.24, 2.45) is 11.0 Å². The zero-order valence-electron chi connectivity index (χ0n) is 10.6. The van der Waals surface area contributed by atoms with E-state index >= 15 is 0 Å². The van der Waals surface area contributed by atoms with Crippen molar-refractivity contribution in [1.82, 2.24) is 5.43 Å². The van der Waals surface area contributed by atoms with Crippen LogP contribution in [-0.4, -0.2) is 32.0 Å². The number of nitrogens with zero attached hydrogens (tertiary/aromatic N) is 1. The summed E-state index contributed by atoms with van der Waals surface area (Å²) < 4.78 is 27.7. The molecule has 1 saturated heterocycles. The third-order valence-corrected chi connectivity index (χ3v) is 4.78. The highest BCUT2D eigenvalue weighted by atomic mass is 32.2. The number of hydrogen-bond donors (Lipinski definition) is 1. The van der Waals surface area contributed by atoms with E-state index in [1.54, 1.807) is 12.1 Å². The minimum atomic E-state index is -2.94. The second kappa shape index (κ2) is 5.56. The lowest BCUT2D eigenvalue weighted by atomic mass is 10.1. The van der Waals surface area contributed by atoms with Crippen LogP contribution in [0.5, 0.6) is 0 Å². The van der Waals surface area contributed by atoms with E-state index in [0.29, 0.717) is 12.2 Å². The topological polar surface area (TPSA) is 88.7 Å². The smallest absolute Gasteiger partial charge is 0.240 e. The van der Waals surface area contributed by atoms with Crippen LogP contribution in [0.3, 0.4) is 0 Å². The number of aryl methyl sites for hydroxylation is 1. The molecule has 1 atom stereocenters. The third-order valence-electron chi connectivity index (χ3n) is 2.94. The lowest BCUT2D eigenvalue weighted by Crippen LogP contribution is -2.21. The molecule has 0 aliphatic carbocycles. The Morgan fingerprint density at radius 2 is 2.37 bits per heavy atom. The molecular weight excluding hydrogens is 268 g/mol. The summed E-state index contributed by atoms with van der Waals surface area (Å²) in [4.78, 5) is 11.6. The maximum atomic E-state index is 11.6. The fraction of sp³-hybridized carbons (Fsp3) is 0.500. The first kappa shape index (κ1) is 13.8. The lowest BCUT2D eigenvalue weighted by Gasteiger charge is -2.04. The Bertz CT molecular complexity index is 589. The molecule has 0 unspecified atom stereocenters. The molecule has 1 aromatic rings. The van der Waals surface area contributed by atoms with E-state index in [-0.39, 0.29) is 29.8 Å². The average molecular weight is 284 g/mol. The van der Waals surface area contributed by atoms with Crippen LogP contribution in [0, 0.1) is 12.8 Å². The number of rotatable bonds is 4. The Balaban J connectivity index is 1.78. The van der Waals surface area contributed by atoms with Crippen molar-refractivity contribution in [3.05, 3.63) is 23.7 Å². The molecule has 0 aromatic carbocycles. The van der Waals surface area contributed by atoms with Crippen molar-refractivity contribution in [2.45, 2.75) is 19.8 Å². The fourth-order valence-electron chi connectivity index (χ4n) is 2.03. The predicted molar refractivity (Wildman–Crippen MR) is 70.6 cm³/mol. The van der Waals surface area contributed by atoms with Gasteiger partial charge in [0.25, 0.3) is 0 Å². The number of hydrazone groups is 1. The quantitative estimate of drug-likeness (QED) is 0.656. The second-order valence-electron chi connectivity index (χ2n) is 4.71. The Hall–Kier alpha value is -1.63. The van der Waals surface area contributed by atoms with Gasteiger partial charge in [-0.15, -0.1) is 0 Å². The van der Waals surface area contributed by atoms with Gasteiger partial charge in [-0.2, -0.15) is 5.10 Å². The summed E-state index contributed by atoms with van der Waals surface area (Å²) in [5.74, 6) is 1.24. The monoisotopic (exact) mass is 284 g/mol. The summed E-state index contributed by atoms with van der Waals surface area (Å²) in [6, 6.07) is 3.54. The third kappa shape index (κ3) is 4.20. The van der Waals surface area contributed by atoms with E-state index in [0.717, 1.165) is 5.76 Å². The predicted octanol–water partition coefficient (Wildman–Crippen LogP) is 0.863. The Kier molecular flexibility index (Phi) is 4.04. The van der Waals surface area contributed by atoms with Crippen LogP contribution in [-0.2, 0) is 14.6 Å². The van der Waals surface area contributed by atoms with Crippen molar-refractivity contribution in [2.75, 3.05) is 11.5 Å². The van der Waals surface area contributed by atoms with Crippen molar-refractivity contribution in [3.63, 3.8) is 0 Å². The minimum absolute atomic E-state index is 0.0916. The van der Waals surface area contributed by atoms with E-state index < -0.39 is 9.84 Å². The van der Waals surface area contributed by atoms with Gasteiger partial charge in [-0.1, -0.05) is 0 Å².